The number of rotatable bonds is 3. The minimum atomic E-state index is 0.168. The Morgan fingerprint density at radius 3 is 2.00 bits per heavy atom. The van der Waals surface area contributed by atoms with Gasteiger partial charge >= 0.3 is 0 Å². The Morgan fingerprint density at radius 1 is 0.686 bits per heavy atom. The second-order valence-corrected chi connectivity index (χ2v) is 9.73. The van der Waals surface area contributed by atoms with Gasteiger partial charge in [0, 0.05) is 11.5 Å². The smallest absolute Gasteiger partial charge is 0.139 e. The Bertz CT molecular complexity index is 1540. The molecule has 0 bridgehead atoms. The molecule has 35 heavy (non-hydrogen) atoms. The van der Waals surface area contributed by atoms with Gasteiger partial charge in [0.05, 0.1) is 0 Å². The van der Waals surface area contributed by atoms with Crippen LogP contribution in [0.3, 0.4) is 0 Å². The first-order chi connectivity index (χ1) is 16.6. The van der Waals surface area contributed by atoms with Crippen LogP contribution in [0.1, 0.15) is 44.5 Å². The molecule has 0 saturated heterocycles. The molecule has 2 N–H and O–H groups in total. The van der Waals surface area contributed by atoms with Crippen LogP contribution in [-0.4, -0.2) is 10.2 Å². The van der Waals surface area contributed by atoms with E-state index < -0.39 is 0 Å². The lowest BCUT2D eigenvalue weighted by molar-refractivity contribution is 0.439. The molecule has 0 amide bonds. The molecule has 0 aliphatic carbocycles. The molecule has 0 atom stereocenters. The Labute approximate surface area is 206 Å². The standard InChI is InChI=1S/C32H30O3/c1-17-9-23(10-18(2)21(17)5)7-8-27-16-29-22(6)28(24-11-19(3)32(34)20(4)12-24)14-25-13-26(33)15-30(35-27)31(25)29/h7-16,33-34H,1-6H3/b8-7+. The van der Waals surface area contributed by atoms with Crippen molar-refractivity contribution in [1.82, 2.24) is 0 Å². The normalized spacial score (nSPS) is 12.8. The number of allylic oxidation sites excluding steroid dienone is 1. The molecule has 4 aromatic carbocycles. The topological polar surface area (TPSA) is 49.7 Å². The summed E-state index contributed by atoms with van der Waals surface area (Å²) in [6, 6.07) is 13.9. The fourth-order valence-electron chi connectivity index (χ4n) is 5.02. The van der Waals surface area contributed by atoms with Crippen molar-refractivity contribution in [3.8, 4) is 28.4 Å². The van der Waals surface area contributed by atoms with Crippen molar-refractivity contribution in [1.29, 1.82) is 0 Å². The van der Waals surface area contributed by atoms with E-state index in [1.807, 2.05) is 32.1 Å². The van der Waals surface area contributed by atoms with Crippen LogP contribution in [0.4, 0.5) is 0 Å². The van der Waals surface area contributed by atoms with E-state index in [4.69, 9.17) is 4.74 Å². The Morgan fingerprint density at radius 2 is 1.34 bits per heavy atom. The maximum Gasteiger partial charge on any atom is 0.139 e. The number of aryl methyl sites for hydroxylation is 4. The van der Waals surface area contributed by atoms with Gasteiger partial charge in [-0.3, -0.25) is 0 Å². The molecule has 4 aromatic rings. The monoisotopic (exact) mass is 462 g/mol. The van der Waals surface area contributed by atoms with Gasteiger partial charge in [-0.05, 0) is 139 Å². The lowest BCUT2D eigenvalue weighted by atomic mass is 9.88. The third kappa shape index (κ3) is 3.97. The summed E-state index contributed by atoms with van der Waals surface area (Å²) >= 11 is 0. The van der Waals surface area contributed by atoms with E-state index >= 15 is 0 Å². The maximum absolute atomic E-state index is 10.4. The SMILES string of the molecule is Cc1cc(/C=C/C2=Cc3c(C)c(-c4cc(C)c(O)c(C)c4)cc4cc(O)cc(c34)O2)cc(C)c1C. The molecule has 0 aromatic heterocycles. The zero-order chi connectivity index (χ0) is 25.0. The van der Waals surface area contributed by atoms with Crippen molar-refractivity contribution in [2.75, 3.05) is 0 Å². The second-order valence-electron chi connectivity index (χ2n) is 9.73. The van der Waals surface area contributed by atoms with E-state index in [2.05, 4.69) is 58.0 Å². The molecule has 0 radical (unpaired) electrons. The van der Waals surface area contributed by atoms with Gasteiger partial charge < -0.3 is 14.9 Å². The molecule has 0 spiro atoms. The van der Waals surface area contributed by atoms with Crippen LogP contribution in [0.25, 0.3) is 34.1 Å². The van der Waals surface area contributed by atoms with Crippen molar-refractivity contribution < 1.29 is 14.9 Å². The van der Waals surface area contributed by atoms with Crippen LogP contribution in [-0.2, 0) is 0 Å². The van der Waals surface area contributed by atoms with Gasteiger partial charge in [0.25, 0.3) is 0 Å². The summed E-state index contributed by atoms with van der Waals surface area (Å²) in [7, 11) is 0. The molecule has 176 valence electrons. The Balaban J connectivity index is 1.67. The number of aromatic hydroxyl groups is 2. The third-order valence-corrected chi connectivity index (χ3v) is 7.20. The summed E-state index contributed by atoms with van der Waals surface area (Å²) in [5.74, 6) is 1.87. The number of ether oxygens (including phenoxy) is 1. The highest BCUT2D eigenvalue weighted by Crippen LogP contribution is 2.44. The molecule has 1 aliphatic rings. The highest BCUT2D eigenvalue weighted by atomic mass is 16.5. The predicted octanol–water partition coefficient (Wildman–Crippen LogP) is 8.22. The Hall–Kier alpha value is -3.98. The van der Waals surface area contributed by atoms with Gasteiger partial charge in [0.1, 0.15) is 23.0 Å². The molecule has 5 rings (SSSR count). The minimum Gasteiger partial charge on any atom is -0.508 e. The molecule has 1 heterocycles. The number of phenols is 2. The number of phenolic OH excluding ortho intramolecular Hbond substituents is 2. The summed E-state index contributed by atoms with van der Waals surface area (Å²) in [4.78, 5) is 0. The third-order valence-electron chi connectivity index (χ3n) is 7.20. The van der Waals surface area contributed by atoms with Crippen molar-refractivity contribution in [2.45, 2.75) is 41.5 Å². The second kappa shape index (κ2) is 8.35. The first-order valence-electron chi connectivity index (χ1n) is 11.9. The van der Waals surface area contributed by atoms with Gasteiger partial charge in [0.15, 0.2) is 0 Å². The van der Waals surface area contributed by atoms with Gasteiger partial charge in [-0.25, -0.2) is 0 Å². The van der Waals surface area contributed by atoms with E-state index in [1.165, 1.54) is 16.7 Å². The van der Waals surface area contributed by atoms with Crippen molar-refractivity contribution >= 4 is 22.9 Å². The van der Waals surface area contributed by atoms with Crippen molar-refractivity contribution in [3.05, 3.63) is 98.8 Å². The maximum atomic E-state index is 10.4. The quantitative estimate of drug-likeness (QED) is 0.322. The number of hydrogen-bond acceptors (Lipinski definition) is 3. The van der Waals surface area contributed by atoms with Crippen molar-refractivity contribution in [3.63, 3.8) is 0 Å². The van der Waals surface area contributed by atoms with Crippen LogP contribution < -0.4 is 4.74 Å². The zero-order valence-electron chi connectivity index (χ0n) is 21.1. The van der Waals surface area contributed by atoms with E-state index in [0.717, 1.165) is 55.5 Å². The van der Waals surface area contributed by atoms with E-state index in [9.17, 15) is 10.2 Å². The summed E-state index contributed by atoms with van der Waals surface area (Å²) in [5.41, 5.74) is 11.0. The molecular weight excluding hydrogens is 432 g/mol. The molecule has 0 saturated carbocycles. The molecule has 1 aliphatic heterocycles. The van der Waals surface area contributed by atoms with Crippen LogP contribution >= 0.6 is 0 Å². The lowest BCUT2D eigenvalue weighted by Crippen LogP contribution is -2.02. The van der Waals surface area contributed by atoms with Crippen LogP contribution in [0.2, 0.25) is 0 Å². The fourth-order valence-corrected chi connectivity index (χ4v) is 5.02. The van der Waals surface area contributed by atoms with Crippen LogP contribution in [0.15, 0.2) is 54.3 Å². The van der Waals surface area contributed by atoms with Crippen molar-refractivity contribution in [2.24, 2.45) is 0 Å². The van der Waals surface area contributed by atoms with Gasteiger partial charge in [-0.2, -0.15) is 0 Å². The molecule has 0 unspecified atom stereocenters. The first-order valence-corrected chi connectivity index (χ1v) is 11.9. The lowest BCUT2D eigenvalue weighted by Gasteiger charge is -2.22. The van der Waals surface area contributed by atoms with Crippen LogP contribution in [0.5, 0.6) is 17.2 Å². The van der Waals surface area contributed by atoms with E-state index in [1.54, 1.807) is 12.1 Å². The molecule has 0 fully saturated rings. The molecule has 3 nitrogen and oxygen atoms in total. The van der Waals surface area contributed by atoms with Gasteiger partial charge in [0.2, 0.25) is 0 Å². The molecular formula is C32H30O3. The minimum absolute atomic E-state index is 0.168. The van der Waals surface area contributed by atoms with Crippen LogP contribution in [0, 0.1) is 41.5 Å². The number of benzene rings is 4. The highest BCUT2D eigenvalue weighted by Gasteiger charge is 2.20. The fraction of sp³-hybridized carbons (Fsp3) is 0.188. The largest absolute Gasteiger partial charge is 0.508 e. The van der Waals surface area contributed by atoms with E-state index in [0.29, 0.717) is 11.5 Å². The predicted molar refractivity (Wildman–Crippen MR) is 145 cm³/mol. The summed E-state index contributed by atoms with van der Waals surface area (Å²) in [6.07, 6.45) is 6.14. The Kier molecular flexibility index (Phi) is 5.44. The summed E-state index contributed by atoms with van der Waals surface area (Å²) in [6.45, 7) is 12.4. The average molecular weight is 463 g/mol. The van der Waals surface area contributed by atoms with Gasteiger partial charge in [-0.1, -0.05) is 18.2 Å². The van der Waals surface area contributed by atoms with Gasteiger partial charge in [-0.15, -0.1) is 0 Å². The zero-order valence-corrected chi connectivity index (χ0v) is 21.1. The first kappa shape index (κ1) is 22.8. The summed E-state index contributed by atoms with van der Waals surface area (Å²) in [5, 5.41) is 22.6. The molecule has 3 heteroatoms. The van der Waals surface area contributed by atoms with E-state index in [-0.39, 0.29) is 5.75 Å². The number of hydrogen-bond donors (Lipinski definition) is 2. The summed E-state index contributed by atoms with van der Waals surface area (Å²) < 4.78 is 6.23. The average Bonchev–Trinajstić information content (AvgIpc) is 2.80. The highest BCUT2D eigenvalue weighted by molar-refractivity contribution is 6.03.